The molecule has 8 heteroatoms. The minimum absolute atomic E-state index is 0.0475. The van der Waals surface area contributed by atoms with Crippen molar-refractivity contribution < 1.29 is 18.7 Å². The highest BCUT2D eigenvalue weighted by molar-refractivity contribution is 5.87. The van der Waals surface area contributed by atoms with Crippen LogP contribution in [0.4, 0.5) is 9.18 Å². The predicted octanol–water partition coefficient (Wildman–Crippen LogP) is 0.811. The first-order valence-electron chi connectivity index (χ1n) is 6.85. The third kappa shape index (κ3) is 2.85. The van der Waals surface area contributed by atoms with Crippen molar-refractivity contribution in [3.05, 3.63) is 29.8 Å². The Hall–Kier alpha value is -2.64. The number of aromatic nitrogens is 2. The molecule has 2 amide bonds. The zero-order valence-electron chi connectivity index (χ0n) is 11.9. The van der Waals surface area contributed by atoms with Crippen molar-refractivity contribution in [1.82, 2.24) is 20.2 Å². The number of halogens is 1. The van der Waals surface area contributed by atoms with Crippen molar-refractivity contribution >= 4 is 23.0 Å². The van der Waals surface area contributed by atoms with E-state index in [0.29, 0.717) is 29.8 Å². The fraction of sp³-hybridized carbons (Fsp3) is 0.357. The predicted molar refractivity (Wildman–Crippen MR) is 75.7 cm³/mol. The molecule has 1 fully saturated rings. The lowest BCUT2D eigenvalue weighted by molar-refractivity contribution is -0.131. The number of H-pyrrole nitrogens is 1. The minimum atomic E-state index is -0.637. The second-order valence-electron chi connectivity index (χ2n) is 5.15. The highest BCUT2D eigenvalue weighted by atomic mass is 19.1. The molecule has 1 atom stereocenters. The number of hydrogen-bond donors (Lipinski definition) is 2. The van der Waals surface area contributed by atoms with Gasteiger partial charge in [0.15, 0.2) is 0 Å². The summed E-state index contributed by atoms with van der Waals surface area (Å²) in [5.41, 5.74) is 1.31. The maximum absolute atomic E-state index is 13.1. The first-order valence-corrected chi connectivity index (χ1v) is 6.85. The quantitative estimate of drug-likeness (QED) is 0.875. The zero-order chi connectivity index (χ0) is 15.7. The number of cyclic esters (lactones) is 1. The van der Waals surface area contributed by atoms with Crippen LogP contribution in [0.5, 0.6) is 0 Å². The molecule has 1 saturated heterocycles. The fourth-order valence-electron chi connectivity index (χ4n) is 2.32. The fourth-order valence-corrected chi connectivity index (χ4v) is 2.32. The monoisotopic (exact) mass is 306 g/mol. The van der Waals surface area contributed by atoms with Gasteiger partial charge in [0.2, 0.25) is 5.91 Å². The largest absolute Gasteiger partial charge is 0.447 e. The number of carbonyl (C=O) groups excluding carboxylic acids is 2. The Balaban J connectivity index is 1.60. The number of benzene rings is 1. The SMILES string of the molecule is CN(CCc1nc2ccc(F)cc2[nH]1)C(=O)[C@H]1COC(=O)N1. The molecule has 0 unspecified atom stereocenters. The molecule has 0 saturated carbocycles. The van der Waals surface area contributed by atoms with Gasteiger partial charge in [-0.15, -0.1) is 0 Å². The molecule has 2 aromatic rings. The lowest BCUT2D eigenvalue weighted by Crippen LogP contribution is -2.44. The van der Waals surface area contributed by atoms with Gasteiger partial charge in [0.25, 0.3) is 0 Å². The van der Waals surface area contributed by atoms with Crippen LogP contribution in [0.15, 0.2) is 18.2 Å². The summed E-state index contributed by atoms with van der Waals surface area (Å²) in [4.78, 5) is 31.9. The van der Waals surface area contributed by atoms with E-state index in [1.807, 2.05) is 0 Å². The molecule has 2 heterocycles. The van der Waals surface area contributed by atoms with Gasteiger partial charge in [0.05, 0.1) is 11.0 Å². The van der Waals surface area contributed by atoms with E-state index in [1.54, 1.807) is 13.1 Å². The Labute approximate surface area is 125 Å². The third-order valence-corrected chi connectivity index (χ3v) is 3.52. The van der Waals surface area contributed by atoms with Crippen LogP contribution in [0, 0.1) is 5.82 Å². The molecule has 116 valence electrons. The van der Waals surface area contributed by atoms with Crippen LogP contribution in [0.25, 0.3) is 11.0 Å². The van der Waals surface area contributed by atoms with Crippen molar-refractivity contribution in [2.75, 3.05) is 20.2 Å². The van der Waals surface area contributed by atoms with Gasteiger partial charge in [-0.1, -0.05) is 0 Å². The van der Waals surface area contributed by atoms with Crippen LogP contribution in [-0.4, -0.2) is 53.1 Å². The average Bonchev–Trinajstić information content (AvgIpc) is 3.09. The van der Waals surface area contributed by atoms with Crippen LogP contribution < -0.4 is 5.32 Å². The second-order valence-corrected chi connectivity index (χ2v) is 5.15. The highest BCUT2D eigenvalue weighted by Gasteiger charge is 2.30. The maximum atomic E-state index is 13.1. The van der Waals surface area contributed by atoms with E-state index in [9.17, 15) is 14.0 Å². The number of fused-ring (bicyclic) bond motifs is 1. The number of nitrogens with zero attached hydrogens (tertiary/aromatic N) is 2. The molecule has 1 aliphatic rings. The lowest BCUT2D eigenvalue weighted by atomic mass is 10.2. The van der Waals surface area contributed by atoms with E-state index < -0.39 is 12.1 Å². The number of rotatable bonds is 4. The highest BCUT2D eigenvalue weighted by Crippen LogP contribution is 2.13. The molecule has 7 nitrogen and oxygen atoms in total. The molecule has 3 rings (SSSR count). The summed E-state index contributed by atoms with van der Waals surface area (Å²) in [7, 11) is 1.65. The van der Waals surface area contributed by atoms with E-state index in [2.05, 4.69) is 15.3 Å². The molecule has 2 N–H and O–H groups in total. The molecule has 0 bridgehead atoms. The summed E-state index contributed by atoms with van der Waals surface area (Å²) in [6, 6.07) is 3.70. The number of amides is 2. The van der Waals surface area contributed by atoms with Crippen LogP contribution in [0.1, 0.15) is 5.82 Å². The Bertz CT molecular complexity index is 730. The Morgan fingerprint density at radius 3 is 3.09 bits per heavy atom. The minimum Gasteiger partial charge on any atom is -0.447 e. The van der Waals surface area contributed by atoms with Gasteiger partial charge in [-0.2, -0.15) is 0 Å². The number of hydrogen-bond acceptors (Lipinski definition) is 4. The number of likely N-dealkylation sites (N-methyl/N-ethyl adjacent to an activating group) is 1. The van der Waals surface area contributed by atoms with E-state index in [-0.39, 0.29) is 18.3 Å². The summed E-state index contributed by atoms with van der Waals surface area (Å²) >= 11 is 0. The van der Waals surface area contributed by atoms with E-state index in [4.69, 9.17) is 4.74 Å². The molecule has 1 aromatic heterocycles. The summed E-state index contributed by atoms with van der Waals surface area (Å²) in [5.74, 6) is 0.131. The summed E-state index contributed by atoms with van der Waals surface area (Å²) in [6.45, 7) is 0.472. The second kappa shape index (κ2) is 5.63. The lowest BCUT2D eigenvalue weighted by Gasteiger charge is -2.19. The smallest absolute Gasteiger partial charge is 0.407 e. The molecule has 22 heavy (non-hydrogen) atoms. The van der Waals surface area contributed by atoms with E-state index in [1.165, 1.54) is 17.0 Å². The standard InChI is InChI=1S/C14H15FN4O3/c1-19(13(20)11-7-22-14(21)18-11)5-4-12-16-9-3-2-8(15)6-10(9)17-12/h2-3,6,11H,4-5,7H2,1H3,(H,16,17)(H,18,21)/t11-/m1/s1. The van der Waals surface area contributed by atoms with Gasteiger partial charge < -0.3 is 19.9 Å². The number of imidazole rings is 1. The Kier molecular flexibility index (Phi) is 3.66. The normalized spacial score (nSPS) is 17.4. The van der Waals surface area contributed by atoms with Crippen molar-refractivity contribution in [2.24, 2.45) is 0 Å². The van der Waals surface area contributed by atoms with Gasteiger partial charge in [-0.05, 0) is 18.2 Å². The third-order valence-electron chi connectivity index (χ3n) is 3.52. The number of nitrogens with one attached hydrogen (secondary N) is 2. The topological polar surface area (TPSA) is 87.3 Å². The van der Waals surface area contributed by atoms with Crippen molar-refractivity contribution in [1.29, 1.82) is 0 Å². The maximum Gasteiger partial charge on any atom is 0.407 e. The molecule has 0 aliphatic carbocycles. The Morgan fingerprint density at radius 2 is 2.36 bits per heavy atom. The van der Waals surface area contributed by atoms with Crippen LogP contribution in [-0.2, 0) is 16.0 Å². The summed E-state index contributed by atoms with van der Waals surface area (Å²) in [5, 5.41) is 2.44. The summed E-state index contributed by atoms with van der Waals surface area (Å²) < 4.78 is 17.8. The molecule has 0 spiro atoms. The van der Waals surface area contributed by atoms with Crippen molar-refractivity contribution in [3.8, 4) is 0 Å². The zero-order valence-corrected chi connectivity index (χ0v) is 11.9. The molecule has 1 aromatic carbocycles. The molecular formula is C14H15FN4O3. The van der Waals surface area contributed by atoms with Gasteiger partial charge >= 0.3 is 6.09 Å². The van der Waals surface area contributed by atoms with Crippen LogP contribution in [0.2, 0.25) is 0 Å². The number of alkyl carbamates (subject to hydrolysis) is 1. The van der Waals surface area contributed by atoms with E-state index >= 15 is 0 Å². The summed E-state index contributed by atoms with van der Waals surface area (Å²) in [6.07, 6.45) is -0.0777. The average molecular weight is 306 g/mol. The van der Waals surface area contributed by atoms with Gasteiger partial charge in [0.1, 0.15) is 24.3 Å². The van der Waals surface area contributed by atoms with Gasteiger partial charge in [-0.3, -0.25) is 4.79 Å². The van der Waals surface area contributed by atoms with Gasteiger partial charge in [-0.25, -0.2) is 14.2 Å². The number of carbonyl (C=O) groups is 2. The van der Waals surface area contributed by atoms with Crippen molar-refractivity contribution in [2.45, 2.75) is 12.5 Å². The molecule has 0 radical (unpaired) electrons. The van der Waals surface area contributed by atoms with Crippen molar-refractivity contribution in [3.63, 3.8) is 0 Å². The number of ether oxygens (including phenoxy) is 1. The first-order chi connectivity index (χ1) is 10.5. The molecular weight excluding hydrogens is 291 g/mol. The van der Waals surface area contributed by atoms with Crippen LogP contribution in [0.3, 0.4) is 0 Å². The van der Waals surface area contributed by atoms with Gasteiger partial charge in [0, 0.05) is 20.0 Å². The molecule has 1 aliphatic heterocycles. The first kappa shape index (κ1) is 14.3. The Morgan fingerprint density at radius 1 is 1.55 bits per heavy atom. The van der Waals surface area contributed by atoms with E-state index in [0.717, 1.165) is 0 Å². The van der Waals surface area contributed by atoms with Crippen LogP contribution >= 0.6 is 0 Å². The number of aromatic amines is 1.